The summed E-state index contributed by atoms with van der Waals surface area (Å²) in [5.74, 6) is -0.274. The Balaban J connectivity index is 2.09. The third-order valence-electron chi connectivity index (χ3n) is 3.85. The molecule has 0 aliphatic heterocycles. The topological polar surface area (TPSA) is 52.2 Å². The van der Waals surface area contributed by atoms with Gasteiger partial charge in [-0.2, -0.15) is 0 Å². The molecule has 0 fully saturated rings. The Morgan fingerprint density at radius 2 is 1.87 bits per heavy atom. The van der Waals surface area contributed by atoms with Crippen LogP contribution in [0.15, 0.2) is 30.7 Å². The second kappa shape index (κ2) is 7.22. The third-order valence-corrected chi connectivity index (χ3v) is 3.85. The Bertz CT molecular complexity index is 712. The van der Waals surface area contributed by atoms with Gasteiger partial charge in [0.1, 0.15) is 12.7 Å². The number of carbonyl (C=O) groups is 2. The molecule has 2 aromatic rings. The van der Waals surface area contributed by atoms with Crippen LogP contribution in [0.5, 0.6) is 0 Å². The summed E-state index contributed by atoms with van der Waals surface area (Å²) in [7, 11) is 1.76. The normalized spacial score (nSPS) is 10.6. The van der Waals surface area contributed by atoms with Crippen molar-refractivity contribution < 1.29 is 18.9 Å². The van der Waals surface area contributed by atoms with Gasteiger partial charge in [0.05, 0.1) is 13.7 Å². The first-order valence-electron chi connectivity index (χ1n) is 7.71. The third kappa shape index (κ3) is 4.06. The van der Waals surface area contributed by atoms with Gasteiger partial charge in [0.25, 0.3) is 5.69 Å². The summed E-state index contributed by atoms with van der Waals surface area (Å²) in [4.78, 5) is 24.2. The maximum Gasteiger partial charge on any atom is 0.382 e. The molecular formula is C18H23N2O3+. The lowest BCUT2D eigenvalue weighted by Crippen LogP contribution is -2.36. The minimum atomic E-state index is -0.379. The van der Waals surface area contributed by atoms with E-state index in [9.17, 15) is 9.59 Å². The maximum atomic E-state index is 12.4. The van der Waals surface area contributed by atoms with Crippen LogP contribution >= 0.6 is 0 Å². The van der Waals surface area contributed by atoms with Crippen LogP contribution in [0.25, 0.3) is 0 Å². The SMILES string of the molecule is CCOC(=O)c1c[n+](CC(=O)Cc2c(C)cccc2C)cn1C. The van der Waals surface area contributed by atoms with Gasteiger partial charge in [-0.1, -0.05) is 18.2 Å². The number of aromatic nitrogens is 2. The largest absolute Gasteiger partial charge is 0.460 e. The van der Waals surface area contributed by atoms with Gasteiger partial charge in [-0.05, 0) is 37.5 Å². The summed E-state index contributed by atoms with van der Waals surface area (Å²) in [6, 6.07) is 6.03. The molecule has 1 aromatic heterocycles. The number of imidazole rings is 1. The van der Waals surface area contributed by atoms with E-state index in [1.165, 1.54) is 0 Å². The van der Waals surface area contributed by atoms with Crippen LogP contribution in [-0.4, -0.2) is 22.9 Å². The highest BCUT2D eigenvalue weighted by atomic mass is 16.5. The van der Waals surface area contributed by atoms with E-state index in [-0.39, 0.29) is 18.3 Å². The second-order valence-corrected chi connectivity index (χ2v) is 5.72. The molecule has 5 heteroatoms. The van der Waals surface area contributed by atoms with Crippen molar-refractivity contribution >= 4 is 11.8 Å². The van der Waals surface area contributed by atoms with E-state index in [2.05, 4.69) is 0 Å². The average molecular weight is 315 g/mol. The van der Waals surface area contributed by atoms with Gasteiger partial charge in [-0.15, -0.1) is 0 Å². The molecule has 0 aliphatic carbocycles. The predicted octanol–water partition coefficient (Wildman–Crippen LogP) is 1.92. The van der Waals surface area contributed by atoms with Crippen molar-refractivity contribution in [2.75, 3.05) is 6.61 Å². The first-order valence-corrected chi connectivity index (χ1v) is 7.71. The van der Waals surface area contributed by atoms with E-state index >= 15 is 0 Å². The van der Waals surface area contributed by atoms with Gasteiger partial charge in [-0.3, -0.25) is 4.79 Å². The fourth-order valence-corrected chi connectivity index (χ4v) is 2.64. The molecule has 0 N–H and O–H groups in total. The Morgan fingerprint density at radius 1 is 1.22 bits per heavy atom. The van der Waals surface area contributed by atoms with Gasteiger partial charge in [-0.25, -0.2) is 13.9 Å². The highest BCUT2D eigenvalue weighted by Crippen LogP contribution is 2.14. The summed E-state index contributed by atoms with van der Waals surface area (Å²) < 4.78 is 8.39. The summed E-state index contributed by atoms with van der Waals surface area (Å²) >= 11 is 0. The van der Waals surface area contributed by atoms with Gasteiger partial charge < -0.3 is 4.74 Å². The Labute approximate surface area is 136 Å². The molecule has 0 atom stereocenters. The molecule has 0 saturated carbocycles. The molecule has 122 valence electrons. The van der Waals surface area contributed by atoms with Crippen molar-refractivity contribution in [3.8, 4) is 0 Å². The molecule has 5 nitrogen and oxygen atoms in total. The van der Waals surface area contributed by atoms with Crippen LogP contribution in [0.4, 0.5) is 0 Å². The Kier molecular flexibility index (Phi) is 5.32. The van der Waals surface area contributed by atoms with Gasteiger partial charge in [0.2, 0.25) is 6.33 Å². The number of hydrogen-bond donors (Lipinski definition) is 0. The lowest BCUT2D eigenvalue weighted by molar-refractivity contribution is -0.683. The van der Waals surface area contributed by atoms with Gasteiger partial charge >= 0.3 is 5.97 Å². The summed E-state index contributed by atoms with van der Waals surface area (Å²) in [6.07, 6.45) is 3.78. The highest BCUT2D eigenvalue weighted by molar-refractivity contribution is 5.87. The van der Waals surface area contributed by atoms with Crippen LogP contribution in [-0.2, 0) is 29.5 Å². The van der Waals surface area contributed by atoms with E-state index in [4.69, 9.17) is 4.74 Å². The average Bonchev–Trinajstić information content (AvgIpc) is 2.84. The second-order valence-electron chi connectivity index (χ2n) is 5.72. The molecule has 0 bridgehead atoms. The number of hydrogen-bond acceptors (Lipinski definition) is 3. The van der Waals surface area contributed by atoms with E-state index in [1.54, 1.807) is 35.6 Å². The number of ketones is 1. The molecule has 0 saturated heterocycles. The molecule has 2 rings (SSSR count). The molecular weight excluding hydrogens is 292 g/mol. The van der Waals surface area contributed by atoms with Crippen molar-refractivity contribution in [1.82, 2.24) is 4.57 Å². The van der Waals surface area contributed by atoms with Gasteiger partial charge in [0, 0.05) is 6.42 Å². The number of carbonyl (C=O) groups excluding carboxylic acids is 2. The van der Waals surface area contributed by atoms with E-state index in [1.807, 2.05) is 32.0 Å². The molecule has 0 radical (unpaired) electrons. The molecule has 0 amide bonds. The van der Waals surface area contributed by atoms with Crippen LogP contribution in [0, 0.1) is 13.8 Å². The van der Waals surface area contributed by atoms with Crippen LogP contribution in [0.2, 0.25) is 0 Å². The van der Waals surface area contributed by atoms with E-state index in [0.717, 1.165) is 16.7 Å². The number of Topliss-reactive ketones (excluding diaryl/α,β-unsaturated/α-hetero) is 1. The summed E-state index contributed by atoms with van der Waals surface area (Å²) in [5.41, 5.74) is 3.78. The fraction of sp³-hybridized carbons (Fsp3) is 0.389. The summed E-state index contributed by atoms with van der Waals surface area (Å²) in [6.45, 7) is 6.37. The first kappa shape index (κ1) is 16.9. The zero-order valence-electron chi connectivity index (χ0n) is 14.1. The lowest BCUT2D eigenvalue weighted by Gasteiger charge is -2.07. The quantitative estimate of drug-likeness (QED) is 0.604. The fourth-order valence-electron chi connectivity index (χ4n) is 2.64. The van der Waals surface area contributed by atoms with Crippen LogP contribution < -0.4 is 4.57 Å². The standard InChI is InChI=1S/C18H23N2O3/c1-5-23-18(22)17-11-20(12-19(17)4)10-15(21)9-16-13(2)7-6-8-14(16)3/h6-8,11-12H,5,9-10H2,1-4H3/q+1. The van der Waals surface area contributed by atoms with Crippen molar-refractivity contribution in [1.29, 1.82) is 0 Å². The number of nitrogens with zero attached hydrogens (tertiary/aromatic N) is 2. The van der Waals surface area contributed by atoms with Crippen LogP contribution in [0.3, 0.4) is 0 Å². The minimum absolute atomic E-state index is 0.105. The minimum Gasteiger partial charge on any atom is -0.460 e. The molecule has 1 aromatic carbocycles. The van der Waals surface area contributed by atoms with E-state index < -0.39 is 0 Å². The number of rotatable bonds is 6. The lowest BCUT2D eigenvalue weighted by atomic mass is 9.98. The molecule has 1 heterocycles. The van der Waals surface area contributed by atoms with E-state index in [0.29, 0.717) is 18.7 Å². The number of aryl methyl sites for hydroxylation is 3. The van der Waals surface area contributed by atoms with Crippen molar-refractivity contribution in [3.63, 3.8) is 0 Å². The van der Waals surface area contributed by atoms with Crippen molar-refractivity contribution in [2.24, 2.45) is 7.05 Å². The molecule has 0 spiro atoms. The smallest absolute Gasteiger partial charge is 0.382 e. The predicted molar refractivity (Wildman–Crippen MR) is 86.2 cm³/mol. The molecule has 23 heavy (non-hydrogen) atoms. The first-order chi connectivity index (χ1) is 10.9. The number of benzene rings is 1. The highest BCUT2D eigenvalue weighted by Gasteiger charge is 2.21. The summed E-state index contributed by atoms with van der Waals surface area (Å²) in [5, 5.41) is 0. The zero-order chi connectivity index (χ0) is 17.0. The number of esters is 1. The molecule has 0 unspecified atom stereocenters. The Hall–Kier alpha value is -2.43. The molecule has 0 aliphatic rings. The van der Waals surface area contributed by atoms with Crippen LogP contribution in [0.1, 0.15) is 34.1 Å². The maximum absolute atomic E-state index is 12.4. The van der Waals surface area contributed by atoms with Gasteiger partial charge in [0.15, 0.2) is 5.78 Å². The van der Waals surface area contributed by atoms with Crippen molar-refractivity contribution in [3.05, 3.63) is 53.1 Å². The Morgan fingerprint density at radius 3 is 2.48 bits per heavy atom. The van der Waals surface area contributed by atoms with Crippen molar-refractivity contribution in [2.45, 2.75) is 33.7 Å². The monoisotopic (exact) mass is 315 g/mol. The zero-order valence-corrected chi connectivity index (χ0v) is 14.1. The number of ether oxygens (including phenoxy) is 1.